The van der Waals surface area contributed by atoms with Crippen LogP contribution >= 0.6 is 22.6 Å². The maximum atomic E-state index is 11.0. The molecule has 0 radical (unpaired) electrons. The van der Waals surface area contributed by atoms with Gasteiger partial charge in [-0.15, -0.1) is 0 Å². The summed E-state index contributed by atoms with van der Waals surface area (Å²) in [5.41, 5.74) is 1.22. The van der Waals surface area contributed by atoms with Crippen molar-refractivity contribution in [3.8, 4) is 0 Å². The average Bonchev–Trinajstić information content (AvgIpc) is 2.69. The zero-order chi connectivity index (χ0) is 11.5. The number of aliphatic carboxylic acids is 1. The minimum absolute atomic E-state index is 0.220. The number of hydrogen-bond acceptors (Lipinski definition) is 2. The fourth-order valence-corrected chi connectivity index (χ4v) is 2.55. The van der Waals surface area contributed by atoms with Gasteiger partial charge in [0, 0.05) is 3.57 Å². The molecule has 0 aliphatic carbocycles. The van der Waals surface area contributed by atoms with Crippen molar-refractivity contribution in [2.45, 2.75) is 18.9 Å². The third-order valence-corrected chi connectivity index (χ3v) is 3.75. The van der Waals surface area contributed by atoms with Gasteiger partial charge in [0.1, 0.15) is 6.04 Å². The normalized spacial score (nSPS) is 24.6. The molecular formula is C12H14INO2. The Kier molecular flexibility index (Phi) is 3.81. The number of nitrogens with one attached hydrogen (secondary N) is 1. The first-order valence-electron chi connectivity index (χ1n) is 5.37. The molecule has 4 heteroatoms. The fraction of sp³-hybridized carbons (Fsp3) is 0.417. The van der Waals surface area contributed by atoms with Crippen LogP contribution in [0.3, 0.4) is 0 Å². The summed E-state index contributed by atoms with van der Waals surface area (Å²) in [5, 5.41) is 12.1. The lowest BCUT2D eigenvalue weighted by Gasteiger charge is -2.15. The van der Waals surface area contributed by atoms with Crippen LogP contribution in [0.4, 0.5) is 0 Å². The van der Waals surface area contributed by atoms with Crippen LogP contribution in [0.25, 0.3) is 0 Å². The summed E-state index contributed by atoms with van der Waals surface area (Å²) in [4.78, 5) is 11.0. The predicted octanol–water partition coefficient (Wildman–Crippen LogP) is 1.90. The van der Waals surface area contributed by atoms with Crippen LogP contribution in [0, 0.1) is 9.49 Å². The molecule has 3 nitrogen and oxygen atoms in total. The Labute approximate surface area is 108 Å². The molecule has 0 amide bonds. The Morgan fingerprint density at radius 1 is 1.44 bits per heavy atom. The molecule has 1 fully saturated rings. The van der Waals surface area contributed by atoms with E-state index in [-0.39, 0.29) is 12.0 Å². The molecule has 0 saturated carbocycles. The average molecular weight is 331 g/mol. The van der Waals surface area contributed by atoms with Gasteiger partial charge in [-0.2, -0.15) is 0 Å². The zero-order valence-electron chi connectivity index (χ0n) is 8.82. The molecule has 2 rings (SSSR count). The van der Waals surface area contributed by atoms with Crippen LogP contribution in [0.1, 0.15) is 12.0 Å². The summed E-state index contributed by atoms with van der Waals surface area (Å²) in [6.07, 6.45) is 1.80. The summed E-state index contributed by atoms with van der Waals surface area (Å²) in [6.45, 7) is 0.812. The molecule has 0 spiro atoms. The third-order valence-electron chi connectivity index (χ3n) is 3.03. The summed E-state index contributed by atoms with van der Waals surface area (Å²) < 4.78 is 1.21. The highest BCUT2D eigenvalue weighted by Crippen LogP contribution is 2.21. The van der Waals surface area contributed by atoms with Crippen LogP contribution in [0.15, 0.2) is 24.3 Å². The van der Waals surface area contributed by atoms with Gasteiger partial charge in [-0.25, -0.2) is 0 Å². The molecule has 0 bridgehead atoms. The molecule has 1 heterocycles. The van der Waals surface area contributed by atoms with Crippen LogP contribution in [-0.2, 0) is 11.2 Å². The molecule has 1 unspecified atom stereocenters. The highest BCUT2D eigenvalue weighted by molar-refractivity contribution is 14.1. The van der Waals surface area contributed by atoms with Gasteiger partial charge in [0.15, 0.2) is 0 Å². The van der Waals surface area contributed by atoms with Crippen LogP contribution in [-0.4, -0.2) is 23.7 Å². The highest BCUT2D eigenvalue weighted by Gasteiger charge is 2.32. The van der Waals surface area contributed by atoms with Gasteiger partial charge in [-0.3, -0.25) is 4.79 Å². The molecule has 1 aliphatic rings. The third kappa shape index (κ3) is 2.74. The van der Waals surface area contributed by atoms with E-state index in [0.29, 0.717) is 0 Å². The summed E-state index contributed by atoms with van der Waals surface area (Å²) >= 11 is 2.27. The molecular weight excluding hydrogens is 317 g/mol. The summed E-state index contributed by atoms with van der Waals surface area (Å²) in [7, 11) is 0. The van der Waals surface area contributed by atoms with Gasteiger partial charge in [0.25, 0.3) is 0 Å². The first-order chi connectivity index (χ1) is 7.66. The number of hydrogen-bond donors (Lipinski definition) is 2. The van der Waals surface area contributed by atoms with E-state index in [2.05, 4.69) is 52.2 Å². The molecule has 1 aliphatic heterocycles. The lowest BCUT2D eigenvalue weighted by atomic mass is 9.93. The number of rotatable bonds is 3. The molecule has 0 aromatic heterocycles. The van der Waals surface area contributed by atoms with Crippen molar-refractivity contribution < 1.29 is 9.90 Å². The molecule has 16 heavy (non-hydrogen) atoms. The van der Waals surface area contributed by atoms with Gasteiger partial charge < -0.3 is 10.4 Å². The Hall–Kier alpha value is -0.620. The number of carboxylic acid groups (broad SMARTS) is 1. The van der Waals surface area contributed by atoms with E-state index in [1.807, 2.05) is 0 Å². The minimum Gasteiger partial charge on any atom is -0.480 e. The fourth-order valence-electron chi connectivity index (χ4n) is 2.19. The first kappa shape index (κ1) is 11.9. The van der Waals surface area contributed by atoms with Gasteiger partial charge in [-0.1, -0.05) is 12.1 Å². The number of carbonyl (C=O) groups is 1. The van der Waals surface area contributed by atoms with Crippen molar-refractivity contribution in [3.05, 3.63) is 33.4 Å². The Bertz CT molecular complexity index is 377. The molecule has 1 aromatic rings. The van der Waals surface area contributed by atoms with E-state index in [1.54, 1.807) is 0 Å². The van der Waals surface area contributed by atoms with E-state index in [4.69, 9.17) is 5.11 Å². The Morgan fingerprint density at radius 3 is 2.75 bits per heavy atom. The summed E-state index contributed by atoms with van der Waals surface area (Å²) in [5.74, 6) is -0.509. The standard InChI is InChI=1S/C12H14INO2/c13-10-3-1-8(2-4-10)7-9-5-6-14-11(9)12(15)16/h1-4,9,11,14H,5-7H2,(H,15,16)/t9?,11-/m0/s1. The van der Waals surface area contributed by atoms with E-state index in [0.717, 1.165) is 19.4 Å². The maximum Gasteiger partial charge on any atom is 0.320 e. The highest BCUT2D eigenvalue weighted by atomic mass is 127. The molecule has 2 N–H and O–H groups in total. The smallest absolute Gasteiger partial charge is 0.320 e. The molecule has 2 atom stereocenters. The lowest BCUT2D eigenvalue weighted by Crippen LogP contribution is -2.36. The van der Waals surface area contributed by atoms with Gasteiger partial charge in [-0.05, 0) is 65.6 Å². The second-order valence-electron chi connectivity index (χ2n) is 4.15. The van der Waals surface area contributed by atoms with Gasteiger partial charge in [0.05, 0.1) is 0 Å². The zero-order valence-corrected chi connectivity index (χ0v) is 11.0. The van der Waals surface area contributed by atoms with E-state index >= 15 is 0 Å². The van der Waals surface area contributed by atoms with Crippen LogP contribution in [0.2, 0.25) is 0 Å². The van der Waals surface area contributed by atoms with Crippen LogP contribution < -0.4 is 5.32 Å². The number of benzene rings is 1. The Morgan fingerprint density at radius 2 is 2.12 bits per heavy atom. The maximum absolute atomic E-state index is 11.0. The van der Waals surface area contributed by atoms with Crippen molar-refractivity contribution in [3.63, 3.8) is 0 Å². The second-order valence-corrected chi connectivity index (χ2v) is 5.40. The second kappa shape index (κ2) is 5.14. The quantitative estimate of drug-likeness (QED) is 0.832. The topological polar surface area (TPSA) is 49.3 Å². The summed E-state index contributed by atoms with van der Waals surface area (Å²) in [6, 6.07) is 7.92. The van der Waals surface area contributed by atoms with Crippen molar-refractivity contribution in [1.29, 1.82) is 0 Å². The first-order valence-corrected chi connectivity index (χ1v) is 6.45. The van der Waals surface area contributed by atoms with Crippen molar-refractivity contribution in [2.24, 2.45) is 5.92 Å². The minimum atomic E-state index is -0.729. The molecule has 86 valence electrons. The van der Waals surface area contributed by atoms with Gasteiger partial charge in [0.2, 0.25) is 0 Å². The van der Waals surface area contributed by atoms with E-state index in [1.165, 1.54) is 9.13 Å². The van der Waals surface area contributed by atoms with Crippen LogP contribution in [0.5, 0.6) is 0 Å². The molecule has 1 saturated heterocycles. The van der Waals surface area contributed by atoms with Crippen molar-refractivity contribution in [2.75, 3.05) is 6.54 Å². The number of carboxylic acids is 1. The van der Waals surface area contributed by atoms with Crippen molar-refractivity contribution in [1.82, 2.24) is 5.32 Å². The predicted molar refractivity (Wildman–Crippen MR) is 70.4 cm³/mol. The largest absolute Gasteiger partial charge is 0.480 e. The Balaban J connectivity index is 2.03. The molecule has 1 aromatic carbocycles. The monoisotopic (exact) mass is 331 g/mol. The van der Waals surface area contributed by atoms with E-state index in [9.17, 15) is 4.79 Å². The van der Waals surface area contributed by atoms with E-state index < -0.39 is 5.97 Å². The lowest BCUT2D eigenvalue weighted by molar-refractivity contribution is -0.140. The van der Waals surface area contributed by atoms with Crippen molar-refractivity contribution >= 4 is 28.6 Å². The van der Waals surface area contributed by atoms with Gasteiger partial charge >= 0.3 is 5.97 Å². The SMILES string of the molecule is O=C(O)[C@H]1NCCC1Cc1ccc(I)cc1. The number of halogens is 1.